The van der Waals surface area contributed by atoms with E-state index < -0.39 is 6.03 Å². The molecule has 0 atom stereocenters. The Morgan fingerprint density at radius 3 is 2.48 bits per heavy atom. The zero-order valence-electron chi connectivity index (χ0n) is 16.0. The molecule has 1 aliphatic heterocycles. The van der Waals surface area contributed by atoms with Gasteiger partial charge in [0.25, 0.3) is 5.91 Å². The fourth-order valence-corrected chi connectivity index (χ4v) is 3.41. The van der Waals surface area contributed by atoms with Crippen LogP contribution < -0.4 is 14.8 Å². The second kappa shape index (κ2) is 9.09. The van der Waals surface area contributed by atoms with E-state index in [1.807, 2.05) is 6.92 Å². The Labute approximate surface area is 176 Å². The van der Waals surface area contributed by atoms with E-state index in [0.29, 0.717) is 34.7 Å². The molecule has 29 heavy (non-hydrogen) atoms. The van der Waals surface area contributed by atoms with Crippen molar-refractivity contribution in [2.45, 2.75) is 20.5 Å². The van der Waals surface area contributed by atoms with Crippen LogP contribution in [0.25, 0.3) is 6.08 Å². The van der Waals surface area contributed by atoms with Crippen LogP contribution in [0.15, 0.2) is 46.6 Å². The number of hydrogen-bond acceptors (Lipinski definition) is 4. The average Bonchev–Trinajstić information content (AvgIpc) is 2.95. The molecule has 6 nitrogen and oxygen atoms in total. The number of nitrogens with zero attached hydrogens (tertiary/aromatic N) is 1. The Balaban J connectivity index is 1.86. The van der Waals surface area contributed by atoms with Gasteiger partial charge in [-0.3, -0.25) is 9.69 Å². The van der Waals surface area contributed by atoms with Crippen LogP contribution >= 0.6 is 15.9 Å². The largest absolute Gasteiger partial charge is 0.490 e. The predicted octanol–water partition coefficient (Wildman–Crippen LogP) is 4.48. The molecule has 0 radical (unpaired) electrons. The number of halogens is 2. The number of urea groups is 1. The molecule has 2 aromatic rings. The van der Waals surface area contributed by atoms with Gasteiger partial charge in [-0.2, -0.15) is 0 Å². The molecule has 2 aromatic carbocycles. The first-order chi connectivity index (χ1) is 13.9. The van der Waals surface area contributed by atoms with Crippen LogP contribution in [0, 0.1) is 5.82 Å². The number of imide groups is 1. The second-order valence-corrected chi connectivity index (χ2v) is 7.07. The number of nitrogens with one attached hydrogen (secondary N) is 1. The summed E-state index contributed by atoms with van der Waals surface area (Å²) in [4.78, 5) is 25.2. The van der Waals surface area contributed by atoms with Crippen LogP contribution in [0.1, 0.15) is 25.0 Å². The van der Waals surface area contributed by atoms with E-state index in [9.17, 15) is 14.0 Å². The molecule has 8 heteroatoms. The normalized spacial score (nSPS) is 15.0. The van der Waals surface area contributed by atoms with Crippen molar-refractivity contribution in [2.24, 2.45) is 0 Å². The maximum atomic E-state index is 13.1. The lowest BCUT2D eigenvalue weighted by molar-refractivity contribution is -0.122. The molecule has 0 spiro atoms. The number of benzene rings is 2. The van der Waals surface area contributed by atoms with Crippen LogP contribution in [0.4, 0.5) is 9.18 Å². The van der Waals surface area contributed by atoms with Crippen molar-refractivity contribution in [1.29, 1.82) is 0 Å². The summed E-state index contributed by atoms with van der Waals surface area (Å²) in [6.07, 6.45) is 1.59. The topological polar surface area (TPSA) is 67.9 Å². The SMILES string of the molecule is CCOc1cc(/C=C2/NC(=O)N(CC)C2=O)cc(Br)c1OCc1ccc(F)cc1. The Hall–Kier alpha value is -2.87. The lowest BCUT2D eigenvalue weighted by atomic mass is 10.1. The third kappa shape index (κ3) is 4.76. The predicted molar refractivity (Wildman–Crippen MR) is 110 cm³/mol. The molecule has 1 heterocycles. The van der Waals surface area contributed by atoms with Crippen molar-refractivity contribution < 1.29 is 23.5 Å². The van der Waals surface area contributed by atoms with Crippen LogP contribution in [0.3, 0.4) is 0 Å². The van der Waals surface area contributed by atoms with Gasteiger partial charge in [-0.25, -0.2) is 9.18 Å². The van der Waals surface area contributed by atoms with E-state index >= 15 is 0 Å². The lowest BCUT2D eigenvalue weighted by Gasteiger charge is -2.15. The monoisotopic (exact) mass is 462 g/mol. The smallest absolute Gasteiger partial charge is 0.328 e. The van der Waals surface area contributed by atoms with Crippen LogP contribution in [0.2, 0.25) is 0 Å². The summed E-state index contributed by atoms with van der Waals surface area (Å²) in [6, 6.07) is 9.11. The van der Waals surface area contributed by atoms with Crippen molar-refractivity contribution in [3.63, 3.8) is 0 Å². The number of carbonyl (C=O) groups excluding carboxylic acids is 2. The Morgan fingerprint density at radius 2 is 1.86 bits per heavy atom. The van der Waals surface area contributed by atoms with Gasteiger partial charge in [0.05, 0.1) is 11.1 Å². The molecule has 3 rings (SSSR count). The summed E-state index contributed by atoms with van der Waals surface area (Å²) in [5.41, 5.74) is 1.67. The molecule has 152 valence electrons. The van der Waals surface area contributed by atoms with Gasteiger partial charge in [0.2, 0.25) is 0 Å². The first-order valence-corrected chi connectivity index (χ1v) is 9.90. The standard InChI is InChI=1S/C21H20BrFN2O4/c1-3-25-20(26)17(24-21(25)27)10-14-9-16(22)19(18(11-14)28-4-2)29-12-13-5-7-15(23)8-6-13/h5-11H,3-4,12H2,1-2H3,(H,24,27)/b17-10+. The molecule has 3 amide bonds. The van der Waals surface area contributed by atoms with Crippen molar-refractivity contribution >= 4 is 33.9 Å². The van der Waals surface area contributed by atoms with E-state index in [2.05, 4.69) is 21.2 Å². The molecule has 1 aliphatic rings. The lowest BCUT2D eigenvalue weighted by Crippen LogP contribution is -2.30. The minimum absolute atomic E-state index is 0.200. The summed E-state index contributed by atoms with van der Waals surface area (Å²) in [7, 11) is 0. The Kier molecular flexibility index (Phi) is 6.53. The van der Waals surface area contributed by atoms with Gasteiger partial charge in [-0.1, -0.05) is 12.1 Å². The fourth-order valence-electron chi connectivity index (χ4n) is 2.84. The highest BCUT2D eigenvalue weighted by Gasteiger charge is 2.32. The molecule has 0 unspecified atom stereocenters. The van der Waals surface area contributed by atoms with Gasteiger partial charge in [-0.05, 0) is 71.2 Å². The highest BCUT2D eigenvalue weighted by molar-refractivity contribution is 9.10. The first kappa shape index (κ1) is 20.9. The van der Waals surface area contributed by atoms with Gasteiger partial charge in [0.1, 0.15) is 18.1 Å². The number of likely N-dealkylation sites (N-methyl/N-ethyl adjacent to an activating group) is 1. The van der Waals surface area contributed by atoms with E-state index in [-0.39, 0.29) is 24.0 Å². The summed E-state index contributed by atoms with van der Waals surface area (Å²) in [5.74, 6) is 0.302. The minimum Gasteiger partial charge on any atom is -0.490 e. The molecule has 0 aromatic heterocycles. The van der Waals surface area contributed by atoms with Crippen LogP contribution in [-0.4, -0.2) is 30.0 Å². The molecule has 0 bridgehead atoms. The van der Waals surface area contributed by atoms with E-state index in [4.69, 9.17) is 9.47 Å². The first-order valence-electron chi connectivity index (χ1n) is 9.11. The van der Waals surface area contributed by atoms with Gasteiger partial charge >= 0.3 is 6.03 Å². The van der Waals surface area contributed by atoms with Crippen molar-refractivity contribution in [3.8, 4) is 11.5 Å². The van der Waals surface area contributed by atoms with E-state index in [1.54, 1.807) is 37.3 Å². The molecular weight excluding hydrogens is 443 g/mol. The van der Waals surface area contributed by atoms with E-state index in [0.717, 1.165) is 10.5 Å². The van der Waals surface area contributed by atoms with E-state index in [1.165, 1.54) is 12.1 Å². The number of carbonyl (C=O) groups is 2. The summed E-state index contributed by atoms with van der Waals surface area (Å²) in [6.45, 7) is 4.53. The van der Waals surface area contributed by atoms with Gasteiger partial charge in [-0.15, -0.1) is 0 Å². The summed E-state index contributed by atoms with van der Waals surface area (Å²) >= 11 is 3.48. The van der Waals surface area contributed by atoms with Crippen molar-refractivity contribution in [3.05, 3.63) is 63.5 Å². The summed E-state index contributed by atoms with van der Waals surface area (Å²) in [5, 5.41) is 2.57. The number of rotatable bonds is 7. The van der Waals surface area contributed by atoms with Crippen molar-refractivity contribution in [2.75, 3.05) is 13.2 Å². The quantitative estimate of drug-likeness (QED) is 0.486. The number of ether oxygens (including phenoxy) is 2. The van der Waals surface area contributed by atoms with Crippen molar-refractivity contribution in [1.82, 2.24) is 10.2 Å². The number of hydrogen-bond donors (Lipinski definition) is 1. The van der Waals surface area contributed by atoms with Gasteiger partial charge in [0.15, 0.2) is 11.5 Å². The number of amides is 3. The minimum atomic E-state index is -0.438. The maximum Gasteiger partial charge on any atom is 0.328 e. The second-order valence-electron chi connectivity index (χ2n) is 6.22. The third-order valence-electron chi connectivity index (χ3n) is 4.22. The third-order valence-corrected chi connectivity index (χ3v) is 4.81. The zero-order chi connectivity index (χ0) is 21.0. The molecule has 1 saturated heterocycles. The summed E-state index contributed by atoms with van der Waals surface area (Å²) < 4.78 is 25.3. The molecular formula is C21H20BrFN2O4. The van der Waals surface area contributed by atoms with Gasteiger partial charge < -0.3 is 14.8 Å². The van der Waals surface area contributed by atoms with Crippen LogP contribution in [0.5, 0.6) is 11.5 Å². The zero-order valence-corrected chi connectivity index (χ0v) is 17.6. The highest BCUT2D eigenvalue weighted by atomic mass is 79.9. The molecule has 1 fully saturated rings. The fraction of sp³-hybridized carbons (Fsp3) is 0.238. The van der Waals surface area contributed by atoms with Gasteiger partial charge in [0, 0.05) is 6.54 Å². The Bertz CT molecular complexity index is 960. The molecule has 0 aliphatic carbocycles. The molecule has 1 N–H and O–H groups in total. The molecule has 0 saturated carbocycles. The maximum absolute atomic E-state index is 13.1. The Morgan fingerprint density at radius 1 is 1.14 bits per heavy atom. The highest BCUT2D eigenvalue weighted by Crippen LogP contribution is 2.38. The van der Waals surface area contributed by atoms with Crippen LogP contribution in [-0.2, 0) is 11.4 Å². The average molecular weight is 463 g/mol.